The monoisotopic (exact) mass is 292 g/mol. The molecule has 0 atom stereocenters. The zero-order valence-electron chi connectivity index (χ0n) is 12.3. The Morgan fingerprint density at radius 3 is 2.76 bits per heavy atom. The first-order valence-electron chi connectivity index (χ1n) is 7.01. The molecule has 0 aliphatic carbocycles. The third-order valence-corrected chi connectivity index (χ3v) is 3.66. The van der Waals surface area contributed by atoms with Crippen molar-refractivity contribution < 1.29 is 14.3 Å². The lowest BCUT2D eigenvalue weighted by Gasteiger charge is -2.31. The zero-order valence-corrected chi connectivity index (χ0v) is 12.3. The molecule has 114 valence electrons. The molecule has 0 aromatic carbocycles. The molecule has 1 fully saturated rings. The van der Waals surface area contributed by atoms with Crippen molar-refractivity contribution in [1.82, 2.24) is 14.9 Å². The van der Waals surface area contributed by atoms with Crippen molar-refractivity contribution in [2.24, 2.45) is 5.92 Å². The minimum atomic E-state index is -0.477. The van der Waals surface area contributed by atoms with Crippen molar-refractivity contribution in [3.63, 3.8) is 0 Å². The summed E-state index contributed by atoms with van der Waals surface area (Å²) < 4.78 is 4.63. The Labute approximate surface area is 123 Å². The van der Waals surface area contributed by atoms with E-state index >= 15 is 0 Å². The van der Waals surface area contributed by atoms with Crippen LogP contribution < -0.4 is 5.32 Å². The number of methoxy groups -OCH3 is 1. The first-order valence-corrected chi connectivity index (χ1v) is 7.01. The number of ether oxygens (including phenoxy) is 1. The van der Waals surface area contributed by atoms with Gasteiger partial charge in [-0.15, -0.1) is 0 Å². The van der Waals surface area contributed by atoms with E-state index in [1.807, 2.05) is 4.90 Å². The van der Waals surface area contributed by atoms with Gasteiger partial charge in [0.25, 0.3) is 0 Å². The Bertz CT molecular complexity index is 513. The van der Waals surface area contributed by atoms with E-state index in [9.17, 15) is 9.59 Å². The molecule has 7 nitrogen and oxygen atoms in total. The van der Waals surface area contributed by atoms with Gasteiger partial charge in [0, 0.05) is 32.8 Å². The maximum absolute atomic E-state index is 11.4. The number of amides is 1. The summed E-state index contributed by atoms with van der Waals surface area (Å²) in [6.07, 6.45) is 3.45. The van der Waals surface area contributed by atoms with Gasteiger partial charge in [0.1, 0.15) is 0 Å². The molecule has 1 saturated heterocycles. The lowest BCUT2D eigenvalue weighted by molar-refractivity contribution is -0.130. The number of hydrogen-bond donors (Lipinski definition) is 1. The number of esters is 1. The van der Waals surface area contributed by atoms with E-state index in [2.05, 4.69) is 20.0 Å². The van der Waals surface area contributed by atoms with Crippen LogP contribution in [0.25, 0.3) is 0 Å². The Balaban J connectivity index is 1.84. The van der Waals surface area contributed by atoms with Crippen molar-refractivity contribution in [3.8, 4) is 0 Å². The normalized spacial score (nSPS) is 15.6. The van der Waals surface area contributed by atoms with E-state index in [0.29, 0.717) is 11.9 Å². The Kier molecular flexibility index (Phi) is 5.08. The number of rotatable bonds is 4. The molecular weight excluding hydrogens is 272 g/mol. The molecule has 2 heterocycles. The van der Waals surface area contributed by atoms with Crippen molar-refractivity contribution >= 4 is 17.8 Å². The Morgan fingerprint density at radius 2 is 2.14 bits per heavy atom. The summed E-state index contributed by atoms with van der Waals surface area (Å²) >= 11 is 0. The second-order valence-electron chi connectivity index (χ2n) is 5.09. The van der Waals surface area contributed by atoms with Crippen molar-refractivity contribution in [2.75, 3.05) is 32.1 Å². The molecule has 0 spiro atoms. The fourth-order valence-electron chi connectivity index (χ4n) is 2.35. The molecule has 1 aromatic heterocycles. The van der Waals surface area contributed by atoms with Crippen LogP contribution >= 0.6 is 0 Å². The molecule has 2 rings (SSSR count). The molecule has 1 aliphatic rings. The van der Waals surface area contributed by atoms with Crippen LogP contribution in [0.15, 0.2) is 12.3 Å². The van der Waals surface area contributed by atoms with E-state index in [-0.39, 0.29) is 11.6 Å². The molecule has 1 aliphatic heterocycles. The third-order valence-electron chi connectivity index (χ3n) is 3.66. The summed E-state index contributed by atoms with van der Waals surface area (Å²) in [7, 11) is 1.32. The SMILES string of the molecule is COC(=O)c1ccnc(NCC2CCN(C(C)=O)CC2)n1. The van der Waals surface area contributed by atoms with Crippen molar-refractivity contribution in [1.29, 1.82) is 0 Å². The van der Waals surface area contributed by atoms with Gasteiger partial charge in [-0.1, -0.05) is 0 Å². The average Bonchev–Trinajstić information content (AvgIpc) is 2.52. The van der Waals surface area contributed by atoms with Crippen LogP contribution in [-0.2, 0) is 9.53 Å². The van der Waals surface area contributed by atoms with Crippen LogP contribution in [0.4, 0.5) is 5.95 Å². The van der Waals surface area contributed by atoms with Gasteiger partial charge in [0.05, 0.1) is 7.11 Å². The maximum Gasteiger partial charge on any atom is 0.356 e. The first kappa shape index (κ1) is 15.2. The lowest BCUT2D eigenvalue weighted by Crippen LogP contribution is -2.38. The number of hydrogen-bond acceptors (Lipinski definition) is 6. The van der Waals surface area contributed by atoms with E-state index in [0.717, 1.165) is 32.5 Å². The fraction of sp³-hybridized carbons (Fsp3) is 0.571. The third kappa shape index (κ3) is 4.14. The maximum atomic E-state index is 11.4. The topological polar surface area (TPSA) is 84.4 Å². The molecule has 1 N–H and O–H groups in total. The lowest BCUT2D eigenvalue weighted by atomic mass is 9.97. The average molecular weight is 292 g/mol. The second kappa shape index (κ2) is 7.01. The Hall–Kier alpha value is -2.18. The fourth-order valence-corrected chi connectivity index (χ4v) is 2.35. The molecule has 1 aromatic rings. The smallest absolute Gasteiger partial charge is 0.356 e. The number of carbonyl (C=O) groups excluding carboxylic acids is 2. The molecule has 0 radical (unpaired) electrons. The summed E-state index contributed by atoms with van der Waals surface area (Å²) in [6.45, 7) is 3.93. The van der Waals surface area contributed by atoms with Gasteiger partial charge in [0.2, 0.25) is 11.9 Å². The number of nitrogens with one attached hydrogen (secondary N) is 1. The summed E-state index contributed by atoms with van der Waals surface area (Å²) in [5.41, 5.74) is 0.237. The summed E-state index contributed by atoms with van der Waals surface area (Å²) in [5, 5.41) is 3.14. The van der Waals surface area contributed by atoms with Crippen LogP contribution in [0, 0.1) is 5.92 Å². The number of likely N-dealkylation sites (tertiary alicyclic amines) is 1. The van der Waals surface area contributed by atoms with Crippen LogP contribution in [0.3, 0.4) is 0 Å². The number of nitrogens with zero attached hydrogens (tertiary/aromatic N) is 3. The second-order valence-corrected chi connectivity index (χ2v) is 5.09. The highest BCUT2D eigenvalue weighted by atomic mass is 16.5. The molecule has 7 heteroatoms. The predicted octanol–water partition coefficient (Wildman–Crippen LogP) is 0.934. The highest BCUT2D eigenvalue weighted by molar-refractivity contribution is 5.87. The minimum Gasteiger partial charge on any atom is -0.464 e. The van der Waals surface area contributed by atoms with Crippen molar-refractivity contribution in [2.45, 2.75) is 19.8 Å². The Morgan fingerprint density at radius 1 is 1.43 bits per heavy atom. The van der Waals surface area contributed by atoms with Gasteiger partial charge in [-0.3, -0.25) is 4.79 Å². The largest absolute Gasteiger partial charge is 0.464 e. The summed E-state index contributed by atoms with van der Waals surface area (Å²) in [4.78, 5) is 32.7. The number of carbonyl (C=O) groups is 2. The van der Waals surface area contributed by atoms with E-state index < -0.39 is 5.97 Å². The van der Waals surface area contributed by atoms with Gasteiger partial charge in [0.15, 0.2) is 5.69 Å². The van der Waals surface area contributed by atoms with E-state index in [4.69, 9.17) is 0 Å². The highest BCUT2D eigenvalue weighted by Gasteiger charge is 2.20. The van der Waals surface area contributed by atoms with Crippen LogP contribution in [0.1, 0.15) is 30.3 Å². The zero-order chi connectivity index (χ0) is 15.2. The number of aromatic nitrogens is 2. The molecular formula is C14H20N4O3. The first-order chi connectivity index (χ1) is 10.1. The van der Waals surface area contributed by atoms with Crippen LogP contribution in [0.5, 0.6) is 0 Å². The molecule has 0 saturated carbocycles. The number of piperidine rings is 1. The summed E-state index contributed by atoms with van der Waals surface area (Å²) in [5.74, 6) is 0.559. The van der Waals surface area contributed by atoms with Gasteiger partial charge < -0.3 is 15.0 Å². The minimum absolute atomic E-state index is 0.135. The van der Waals surface area contributed by atoms with E-state index in [1.165, 1.54) is 19.4 Å². The number of anilines is 1. The molecule has 0 unspecified atom stereocenters. The standard InChI is InChI=1S/C14H20N4O3/c1-10(19)18-7-4-11(5-8-18)9-16-14-15-6-3-12(17-14)13(20)21-2/h3,6,11H,4-5,7-9H2,1-2H3,(H,15,16,17). The van der Waals surface area contributed by atoms with E-state index in [1.54, 1.807) is 6.92 Å². The van der Waals surface area contributed by atoms with Gasteiger partial charge in [-0.05, 0) is 24.8 Å². The quantitative estimate of drug-likeness (QED) is 0.831. The van der Waals surface area contributed by atoms with Crippen LogP contribution in [-0.4, -0.2) is 53.5 Å². The van der Waals surface area contributed by atoms with Crippen molar-refractivity contribution in [3.05, 3.63) is 18.0 Å². The van der Waals surface area contributed by atoms with Gasteiger partial charge in [-0.25, -0.2) is 14.8 Å². The van der Waals surface area contributed by atoms with Gasteiger partial charge >= 0.3 is 5.97 Å². The van der Waals surface area contributed by atoms with Crippen LogP contribution in [0.2, 0.25) is 0 Å². The highest BCUT2D eigenvalue weighted by Crippen LogP contribution is 2.17. The molecule has 1 amide bonds. The predicted molar refractivity (Wildman–Crippen MR) is 76.8 cm³/mol. The van der Waals surface area contributed by atoms with Gasteiger partial charge in [-0.2, -0.15) is 0 Å². The molecule has 0 bridgehead atoms. The summed E-state index contributed by atoms with van der Waals surface area (Å²) in [6, 6.07) is 1.52. The molecule has 21 heavy (non-hydrogen) atoms.